The molecule has 0 fully saturated rings. The Kier molecular flexibility index (Phi) is 5.39. The van der Waals surface area contributed by atoms with E-state index in [-0.39, 0.29) is 0 Å². The second-order valence-electron chi connectivity index (χ2n) is 3.60. The van der Waals surface area contributed by atoms with Crippen molar-refractivity contribution in [2.75, 3.05) is 6.54 Å². The summed E-state index contributed by atoms with van der Waals surface area (Å²) in [5.74, 6) is 0. The third-order valence-corrected chi connectivity index (χ3v) is 2.36. The number of unbranched alkanes of at least 4 members (excludes halogenated alkanes) is 1. The van der Waals surface area contributed by atoms with E-state index in [9.17, 15) is 0 Å². The zero-order valence-corrected chi connectivity index (χ0v) is 9.11. The molecule has 0 aliphatic carbocycles. The van der Waals surface area contributed by atoms with Crippen LogP contribution in [0.15, 0.2) is 24.3 Å². The summed E-state index contributed by atoms with van der Waals surface area (Å²) in [6, 6.07) is 7.36. The molecule has 0 aliphatic rings. The smallest absolute Gasteiger partial charge is 0.423 e. The fourth-order valence-corrected chi connectivity index (χ4v) is 1.47. The van der Waals surface area contributed by atoms with Crippen LogP contribution in [0, 0.1) is 0 Å². The van der Waals surface area contributed by atoms with Crippen LogP contribution in [0.4, 0.5) is 0 Å². The highest BCUT2D eigenvalue weighted by Gasteiger charge is 2.14. The molecule has 1 aromatic rings. The van der Waals surface area contributed by atoms with E-state index >= 15 is 0 Å². The van der Waals surface area contributed by atoms with Crippen LogP contribution < -0.4 is 10.8 Å². The number of nitrogens with one attached hydrogen (secondary N) is 1. The Bertz CT molecular complexity index is 292. The normalized spacial score (nSPS) is 10.3. The maximum atomic E-state index is 9.14. The molecule has 0 heterocycles. The van der Waals surface area contributed by atoms with Crippen molar-refractivity contribution < 1.29 is 10.0 Å². The Hall–Kier alpha value is -0.835. The average molecular weight is 207 g/mol. The number of rotatable bonds is 6. The van der Waals surface area contributed by atoms with Gasteiger partial charge >= 0.3 is 7.12 Å². The van der Waals surface area contributed by atoms with Gasteiger partial charge in [-0.1, -0.05) is 37.6 Å². The molecule has 0 aliphatic heterocycles. The third-order valence-electron chi connectivity index (χ3n) is 2.36. The summed E-state index contributed by atoms with van der Waals surface area (Å²) in [5.41, 5.74) is 1.53. The molecule has 0 atom stereocenters. The number of hydrogen-bond donors (Lipinski definition) is 3. The van der Waals surface area contributed by atoms with Crippen molar-refractivity contribution in [1.82, 2.24) is 5.32 Å². The molecule has 82 valence electrons. The fraction of sp³-hybridized carbons (Fsp3) is 0.455. The monoisotopic (exact) mass is 207 g/mol. The van der Waals surface area contributed by atoms with Crippen LogP contribution in [-0.4, -0.2) is 23.7 Å². The van der Waals surface area contributed by atoms with Gasteiger partial charge in [-0.2, -0.15) is 0 Å². The summed E-state index contributed by atoms with van der Waals surface area (Å²) in [4.78, 5) is 0. The van der Waals surface area contributed by atoms with E-state index in [1.54, 1.807) is 6.07 Å². The van der Waals surface area contributed by atoms with Crippen LogP contribution in [-0.2, 0) is 6.54 Å². The number of benzene rings is 1. The lowest BCUT2D eigenvalue weighted by Crippen LogP contribution is -2.34. The zero-order chi connectivity index (χ0) is 11.1. The predicted molar refractivity (Wildman–Crippen MR) is 62.9 cm³/mol. The maximum absolute atomic E-state index is 9.14. The van der Waals surface area contributed by atoms with Crippen molar-refractivity contribution in [2.45, 2.75) is 26.3 Å². The van der Waals surface area contributed by atoms with Gasteiger partial charge in [0.1, 0.15) is 0 Å². The molecular weight excluding hydrogens is 189 g/mol. The Morgan fingerprint density at radius 1 is 1.27 bits per heavy atom. The molecule has 0 amide bonds. The van der Waals surface area contributed by atoms with Crippen LogP contribution >= 0.6 is 0 Å². The maximum Gasteiger partial charge on any atom is 0.488 e. The first-order valence-corrected chi connectivity index (χ1v) is 5.40. The molecule has 0 saturated heterocycles. The van der Waals surface area contributed by atoms with E-state index in [0.29, 0.717) is 12.0 Å². The molecule has 0 saturated carbocycles. The lowest BCUT2D eigenvalue weighted by molar-refractivity contribution is 0.425. The molecule has 1 rings (SSSR count). The molecule has 0 bridgehead atoms. The minimum Gasteiger partial charge on any atom is -0.423 e. The van der Waals surface area contributed by atoms with E-state index in [4.69, 9.17) is 10.0 Å². The average Bonchev–Trinajstić information content (AvgIpc) is 2.25. The van der Waals surface area contributed by atoms with Crippen molar-refractivity contribution in [3.63, 3.8) is 0 Å². The van der Waals surface area contributed by atoms with E-state index in [2.05, 4.69) is 12.2 Å². The van der Waals surface area contributed by atoms with Gasteiger partial charge in [0, 0.05) is 6.54 Å². The van der Waals surface area contributed by atoms with E-state index in [1.165, 1.54) is 0 Å². The van der Waals surface area contributed by atoms with Gasteiger partial charge in [0.05, 0.1) is 0 Å². The second-order valence-corrected chi connectivity index (χ2v) is 3.60. The van der Waals surface area contributed by atoms with Crippen molar-refractivity contribution in [2.24, 2.45) is 0 Å². The van der Waals surface area contributed by atoms with Crippen LogP contribution in [0.1, 0.15) is 25.3 Å². The molecule has 0 radical (unpaired) electrons. The third kappa shape index (κ3) is 4.04. The van der Waals surface area contributed by atoms with Gasteiger partial charge in [0.2, 0.25) is 0 Å². The van der Waals surface area contributed by atoms with Gasteiger partial charge in [-0.05, 0) is 24.0 Å². The lowest BCUT2D eigenvalue weighted by Gasteiger charge is -2.09. The van der Waals surface area contributed by atoms with Gasteiger partial charge in [-0.25, -0.2) is 0 Å². The van der Waals surface area contributed by atoms with Crippen molar-refractivity contribution in [3.8, 4) is 0 Å². The molecule has 3 N–H and O–H groups in total. The van der Waals surface area contributed by atoms with Crippen LogP contribution in [0.2, 0.25) is 0 Å². The quantitative estimate of drug-likeness (QED) is 0.463. The van der Waals surface area contributed by atoms with Crippen LogP contribution in [0.25, 0.3) is 0 Å². The van der Waals surface area contributed by atoms with E-state index < -0.39 is 7.12 Å². The molecule has 1 aromatic carbocycles. The predicted octanol–water partition coefficient (Wildman–Crippen LogP) is 0.256. The van der Waals surface area contributed by atoms with Crippen LogP contribution in [0.3, 0.4) is 0 Å². The molecule has 0 spiro atoms. The summed E-state index contributed by atoms with van der Waals surface area (Å²) in [5, 5.41) is 21.5. The topological polar surface area (TPSA) is 52.5 Å². The van der Waals surface area contributed by atoms with Gasteiger partial charge in [0.25, 0.3) is 0 Å². The highest BCUT2D eigenvalue weighted by Crippen LogP contribution is 1.97. The Morgan fingerprint density at radius 3 is 2.67 bits per heavy atom. The molecule has 0 unspecified atom stereocenters. The molecule has 15 heavy (non-hydrogen) atoms. The minimum atomic E-state index is -1.38. The summed E-state index contributed by atoms with van der Waals surface area (Å²) >= 11 is 0. The highest BCUT2D eigenvalue weighted by atomic mass is 16.4. The second kappa shape index (κ2) is 6.61. The SMILES string of the molecule is CCCCNCc1ccccc1B(O)O. The van der Waals surface area contributed by atoms with E-state index in [1.807, 2.05) is 18.2 Å². The number of hydrogen-bond acceptors (Lipinski definition) is 3. The van der Waals surface area contributed by atoms with Crippen molar-refractivity contribution >= 4 is 12.6 Å². The van der Waals surface area contributed by atoms with Gasteiger partial charge < -0.3 is 15.4 Å². The summed E-state index contributed by atoms with van der Waals surface area (Å²) in [7, 11) is -1.38. The minimum absolute atomic E-state index is 0.585. The Morgan fingerprint density at radius 2 is 2.00 bits per heavy atom. The standard InChI is InChI=1S/C11H18BNO2/c1-2-3-8-13-9-10-6-4-5-7-11(10)12(14)15/h4-7,13-15H,2-3,8-9H2,1H3. The van der Waals surface area contributed by atoms with Gasteiger partial charge in [0.15, 0.2) is 0 Å². The molecule has 3 nitrogen and oxygen atoms in total. The van der Waals surface area contributed by atoms with Crippen molar-refractivity contribution in [3.05, 3.63) is 29.8 Å². The molecule has 4 heteroatoms. The van der Waals surface area contributed by atoms with Gasteiger partial charge in [-0.3, -0.25) is 0 Å². The van der Waals surface area contributed by atoms with Crippen LogP contribution in [0.5, 0.6) is 0 Å². The molecular formula is C11H18BNO2. The zero-order valence-electron chi connectivity index (χ0n) is 9.11. The summed E-state index contributed by atoms with van der Waals surface area (Å²) < 4.78 is 0. The Labute approximate surface area is 91.3 Å². The first-order valence-electron chi connectivity index (χ1n) is 5.40. The highest BCUT2D eigenvalue weighted by molar-refractivity contribution is 6.59. The summed E-state index contributed by atoms with van der Waals surface area (Å²) in [6.07, 6.45) is 2.31. The van der Waals surface area contributed by atoms with Gasteiger partial charge in [-0.15, -0.1) is 0 Å². The fourth-order valence-electron chi connectivity index (χ4n) is 1.47. The first kappa shape index (κ1) is 12.2. The summed E-state index contributed by atoms with van der Waals surface area (Å²) in [6.45, 7) is 3.80. The van der Waals surface area contributed by atoms with Crippen molar-refractivity contribution in [1.29, 1.82) is 0 Å². The van der Waals surface area contributed by atoms with E-state index in [0.717, 1.165) is 24.9 Å². The Balaban J connectivity index is 2.52. The lowest BCUT2D eigenvalue weighted by atomic mass is 9.77. The molecule has 0 aromatic heterocycles. The largest absolute Gasteiger partial charge is 0.488 e. The first-order chi connectivity index (χ1) is 7.25.